The maximum Gasteiger partial charge on any atom is 0.279 e. The molecular weight excluding hydrogens is 364 g/mol. The van der Waals surface area contributed by atoms with E-state index in [0.29, 0.717) is 36.3 Å². The molecular formula is C19H23N4O3S+. The summed E-state index contributed by atoms with van der Waals surface area (Å²) < 4.78 is 10.9. The quantitative estimate of drug-likeness (QED) is 0.588. The topological polar surface area (TPSA) is 81.7 Å². The Bertz CT molecular complexity index is 863. The van der Waals surface area contributed by atoms with Crippen LogP contribution in [0.25, 0.3) is 10.8 Å². The Hall–Kier alpha value is -2.71. The maximum atomic E-state index is 12.4. The van der Waals surface area contributed by atoms with E-state index in [9.17, 15) is 4.79 Å². The van der Waals surface area contributed by atoms with Crippen molar-refractivity contribution in [3.63, 3.8) is 0 Å². The minimum atomic E-state index is -0.0651. The molecule has 7 nitrogen and oxygen atoms in total. The smallest absolute Gasteiger partial charge is 0.279 e. The number of carbonyl (C=O) groups excluding carboxylic acids is 1. The Balaban J connectivity index is 1.60. The standard InChI is InChI=1S/C19H22N4O3S/c1-3-9-23(12-17(24)20-14-6-4-7-15(11-14)25-2)13-18-21-22-19(26-18)16-8-5-10-27-16/h4-8,10-11H,3,9,12-13H2,1-2H3,(H,20,24)/p+1. The van der Waals surface area contributed by atoms with Crippen LogP contribution in [0.3, 0.4) is 0 Å². The highest BCUT2D eigenvalue weighted by atomic mass is 32.1. The lowest BCUT2D eigenvalue weighted by Crippen LogP contribution is -3.11. The molecule has 1 atom stereocenters. The average molecular weight is 387 g/mol. The molecule has 0 bridgehead atoms. The zero-order chi connectivity index (χ0) is 19.1. The fourth-order valence-corrected chi connectivity index (χ4v) is 3.41. The van der Waals surface area contributed by atoms with Gasteiger partial charge in [0.15, 0.2) is 13.1 Å². The van der Waals surface area contributed by atoms with Crippen LogP contribution in [0.1, 0.15) is 19.2 Å². The molecule has 8 heteroatoms. The van der Waals surface area contributed by atoms with Gasteiger partial charge in [0.2, 0.25) is 0 Å². The molecule has 3 aromatic rings. The van der Waals surface area contributed by atoms with Crippen LogP contribution in [-0.4, -0.2) is 36.3 Å². The summed E-state index contributed by atoms with van der Waals surface area (Å²) in [6.45, 7) is 3.76. The van der Waals surface area contributed by atoms with Gasteiger partial charge in [-0.15, -0.1) is 21.5 Å². The van der Waals surface area contributed by atoms with E-state index in [2.05, 4.69) is 22.4 Å². The molecule has 0 radical (unpaired) electrons. The molecule has 27 heavy (non-hydrogen) atoms. The first-order valence-electron chi connectivity index (χ1n) is 8.81. The summed E-state index contributed by atoms with van der Waals surface area (Å²) in [6, 6.07) is 11.2. The SMILES string of the molecule is CCC[NH+](CC(=O)Nc1cccc(OC)c1)Cc1nnc(-c2cccs2)o1. The highest BCUT2D eigenvalue weighted by Crippen LogP contribution is 2.22. The summed E-state index contributed by atoms with van der Waals surface area (Å²) in [5.74, 6) is 1.70. The Labute approximate surface area is 162 Å². The lowest BCUT2D eigenvalue weighted by atomic mass is 10.3. The summed E-state index contributed by atoms with van der Waals surface area (Å²) in [7, 11) is 1.60. The summed E-state index contributed by atoms with van der Waals surface area (Å²) in [4.78, 5) is 14.5. The first-order chi connectivity index (χ1) is 13.2. The van der Waals surface area contributed by atoms with Gasteiger partial charge in [-0.2, -0.15) is 0 Å². The van der Waals surface area contributed by atoms with Gasteiger partial charge in [0.05, 0.1) is 18.5 Å². The number of nitrogens with one attached hydrogen (secondary N) is 2. The number of nitrogens with zero attached hydrogens (tertiary/aromatic N) is 2. The Kier molecular flexibility index (Phi) is 6.56. The van der Waals surface area contributed by atoms with Crippen LogP contribution in [0, 0.1) is 0 Å². The minimum Gasteiger partial charge on any atom is -0.497 e. The van der Waals surface area contributed by atoms with E-state index in [1.54, 1.807) is 24.5 Å². The van der Waals surface area contributed by atoms with E-state index in [-0.39, 0.29) is 5.91 Å². The number of hydrogen-bond donors (Lipinski definition) is 2. The molecule has 0 aliphatic heterocycles. The number of thiophene rings is 1. The van der Waals surface area contributed by atoms with Crippen LogP contribution in [0.5, 0.6) is 5.75 Å². The molecule has 142 valence electrons. The van der Waals surface area contributed by atoms with Crippen LogP contribution in [-0.2, 0) is 11.3 Å². The number of quaternary nitrogens is 1. The highest BCUT2D eigenvalue weighted by molar-refractivity contribution is 7.13. The molecule has 3 rings (SSSR count). The van der Waals surface area contributed by atoms with Crippen molar-refractivity contribution >= 4 is 22.9 Å². The molecule has 1 aromatic carbocycles. The minimum absolute atomic E-state index is 0.0651. The predicted octanol–water partition coefficient (Wildman–Crippen LogP) is 2.24. The van der Waals surface area contributed by atoms with E-state index in [0.717, 1.165) is 22.7 Å². The van der Waals surface area contributed by atoms with Crippen molar-refractivity contribution in [3.05, 3.63) is 47.7 Å². The molecule has 0 aliphatic carbocycles. The zero-order valence-electron chi connectivity index (χ0n) is 15.4. The maximum absolute atomic E-state index is 12.4. The fraction of sp³-hybridized carbons (Fsp3) is 0.316. The van der Waals surface area contributed by atoms with Crippen molar-refractivity contribution in [1.82, 2.24) is 10.2 Å². The molecule has 0 fully saturated rings. The summed E-state index contributed by atoms with van der Waals surface area (Å²) in [5, 5.41) is 13.1. The second-order valence-corrected chi connectivity index (χ2v) is 7.06. The average Bonchev–Trinajstić information content (AvgIpc) is 3.33. The predicted molar refractivity (Wildman–Crippen MR) is 104 cm³/mol. The van der Waals surface area contributed by atoms with E-state index in [1.807, 2.05) is 35.7 Å². The van der Waals surface area contributed by atoms with Crippen LogP contribution >= 0.6 is 11.3 Å². The van der Waals surface area contributed by atoms with Crippen molar-refractivity contribution in [2.24, 2.45) is 0 Å². The number of anilines is 1. The number of hydrogen-bond acceptors (Lipinski definition) is 6. The molecule has 2 heterocycles. The number of methoxy groups -OCH3 is 1. The van der Waals surface area contributed by atoms with Crippen molar-refractivity contribution in [1.29, 1.82) is 0 Å². The number of carbonyl (C=O) groups is 1. The van der Waals surface area contributed by atoms with Crippen LogP contribution in [0.2, 0.25) is 0 Å². The zero-order valence-corrected chi connectivity index (χ0v) is 16.2. The van der Waals surface area contributed by atoms with E-state index in [1.165, 1.54) is 0 Å². The lowest BCUT2D eigenvalue weighted by molar-refractivity contribution is -0.907. The molecule has 2 aromatic heterocycles. The van der Waals surface area contributed by atoms with Crippen LogP contribution < -0.4 is 15.0 Å². The van der Waals surface area contributed by atoms with Crippen molar-refractivity contribution in [3.8, 4) is 16.5 Å². The van der Waals surface area contributed by atoms with E-state index >= 15 is 0 Å². The molecule has 2 N–H and O–H groups in total. The summed E-state index contributed by atoms with van der Waals surface area (Å²) in [5.41, 5.74) is 0.716. The van der Waals surface area contributed by atoms with Gasteiger partial charge < -0.3 is 19.4 Å². The second-order valence-electron chi connectivity index (χ2n) is 6.11. The number of rotatable bonds is 9. The third kappa shape index (κ3) is 5.38. The van der Waals surface area contributed by atoms with Gasteiger partial charge in [0.1, 0.15) is 5.75 Å². The molecule has 1 amide bonds. The number of ether oxygens (including phenoxy) is 1. The van der Waals surface area contributed by atoms with Gasteiger partial charge in [0, 0.05) is 11.8 Å². The summed E-state index contributed by atoms with van der Waals surface area (Å²) in [6.07, 6.45) is 0.952. The second kappa shape index (κ2) is 9.29. The molecule has 1 unspecified atom stereocenters. The molecule has 0 saturated heterocycles. The Morgan fingerprint density at radius 2 is 2.19 bits per heavy atom. The van der Waals surface area contributed by atoms with Crippen LogP contribution in [0.15, 0.2) is 46.2 Å². The molecule has 0 aliphatic rings. The molecule has 0 spiro atoms. The first kappa shape index (κ1) is 19.1. The van der Waals surface area contributed by atoms with Gasteiger partial charge in [-0.1, -0.05) is 19.1 Å². The van der Waals surface area contributed by atoms with Crippen molar-refractivity contribution in [2.45, 2.75) is 19.9 Å². The third-order valence-corrected chi connectivity index (χ3v) is 4.83. The number of aromatic nitrogens is 2. The Morgan fingerprint density at radius 1 is 1.30 bits per heavy atom. The van der Waals surface area contributed by atoms with Crippen molar-refractivity contribution in [2.75, 3.05) is 25.5 Å². The highest BCUT2D eigenvalue weighted by Gasteiger charge is 2.19. The van der Waals surface area contributed by atoms with Gasteiger partial charge in [-0.05, 0) is 30.0 Å². The normalized spacial score (nSPS) is 11.9. The number of benzene rings is 1. The van der Waals surface area contributed by atoms with Crippen LogP contribution in [0.4, 0.5) is 5.69 Å². The van der Waals surface area contributed by atoms with E-state index in [4.69, 9.17) is 9.15 Å². The van der Waals surface area contributed by atoms with E-state index < -0.39 is 0 Å². The first-order valence-corrected chi connectivity index (χ1v) is 9.69. The monoisotopic (exact) mass is 387 g/mol. The largest absolute Gasteiger partial charge is 0.497 e. The lowest BCUT2D eigenvalue weighted by Gasteiger charge is -2.16. The number of amides is 1. The van der Waals surface area contributed by atoms with Crippen molar-refractivity contribution < 1.29 is 18.8 Å². The van der Waals surface area contributed by atoms with Gasteiger partial charge in [0.25, 0.3) is 17.7 Å². The van der Waals surface area contributed by atoms with Gasteiger partial charge >= 0.3 is 0 Å². The Morgan fingerprint density at radius 3 is 2.93 bits per heavy atom. The molecule has 0 saturated carbocycles. The fourth-order valence-electron chi connectivity index (χ4n) is 2.76. The summed E-state index contributed by atoms with van der Waals surface area (Å²) >= 11 is 1.56. The third-order valence-electron chi connectivity index (χ3n) is 3.97. The van der Waals surface area contributed by atoms with Gasteiger partial charge in [-0.3, -0.25) is 4.79 Å². The van der Waals surface area contributed by atoms with Gasteiger partial charge in [-0.25, -0.2) is 0 Å².